The fourth-order valence-electron chi connectivity index (χ4n) is 2.69. The highest BCUT2D eigenvalue weighted by molar-refractivity contribution is 6.31. The maximum atomic E-state index is 6.36. The van der Waals surface area contributed by atoms with Crippen molar-refractivity contribution in [1.82, 2.24) is 5.32 Å². The summed E-state index contributed by atoms with van der Waals surface area (Å²) >= 11 is 6.36. The molecule has 20 heavy (non-hydrogen) atoms. The zero-order valence-corrected chi connectivity index (χ0v) is 12.1. The number of hydrogen-bond donors (Lipinski definition) is 1. The second kappa shape index (κ2) is 5.66. The van der Waals surface area contributed by atoms with Crippen molar-refractivity contribution >= 4 is 22.4 Å². The first-order valence-corrected chi connectivity index (χ1v) is 7.08. The molecule has 0 saturated carbocycles. The van der Waals surface area contributed by atoms with Gasteiger partial charge in [0.1, 0.15) is 0 Å². The highest BCUT2D eigenvalue weighted by atomic mass is 35.5. The van der Waals surface area contributed by atoms with Gasteiger partial charge in [0.2, 0.25) is 0 Å². The van der Waals surface area contributed by atoms with Crippen molar-refractivity contribution in [3.05, 3.63) is 82.9 Å². The van der Waals surface area contributed by atoms with Gasteiger partial charge < -0.3 is 5.32 Å². The maximum absolute atomic E-state index is 6.36. The number of benzene rings is 3. The Balaban J connectivity index is 2.20. The quantitative estimate of drug-likeness (QED) is 0.727. The molecule has 1 N–H and O–H groups in total. The molecule has 100 valence electrons. The van der Waals surface area contributed by atoms with Crippen molar-refractivity contribution < 1.29 is 0 Å². The van der Waals surface area contributed by atoms with Crippen molar-refractivity contribution in [2.75, 3.05) is 7.05 Å². The van der Waals surface area contributed by atoms with Gasteiger partial charge in [0.25, 0.3) is 0 Å². The summed E-state index contributed by atoms with van der Waals surface area (Å²) in [4.78, 5) is 0. The summed E-state index contributed by atoms with van der Waals surface area (Å²) in [6.07, 6.45) is 0. The van der Waals surface area contributed by atoms with Gasteiger partial charge in [-0.05, 0) is 35.0 Å². The number of fused-ring (bicyclic) bond motifs is 1. The van der Waals surface area contributed by atoms with Gasteiger partial charge in [-0.1, -0.05) is 72.3 Å². The number of rotatable bonds is 3. The molecule has 0 aliphatic carbocycles. The van der Waals surface area contributed by atoms with E-state index in [9.17, 15) is 0 Å². The Morgan fingerprint density at radius 2 is 1.45 bits per heavy atom. The fraction of sp³-hybridized carbons (Fsp3) is 0.111. The minimum Gasteiger partial charge on any atom is -0.309 e. The summed E-state index contributed by atoms with van der Waals surface area (Å²) in [6, 6.07) is 22.9. The summed E-state index contributed by atoms with van der Waals surface area (Å²) in [5.41, 5.74) is 2.35. The van der Waals surface area contributed by atoms with E-state index in [0.29, 0.717) is 0 Å². The van der Waals surface area contributed by atoms with Gasteiger partial charge in [0.05, 0.1) is 6.04 Å². The maximum Gasteiger partial charge on any atom is 0.0595 e. The number of halogens is 1. The average molecular weight is 282 g/mol. The van der Waals surface area contributed by atoms with Crippen molar-refractivity contribution in [2.24, 2.45) is 0 Å². The second-order valence-corrected chi connectivity index (χ2v) is 5.22. The molecule has 2 heteroatoms. The first-order valence-electron chi connectivity index (χ1n) is 6.70. The molecule has 3 rings (SSSR count). The van der Waals surface area contributed by atoms with Crippen LogP contribution in [0.1, 0.15) is 17.2 Å². The molecule has 0 radical (unpaired) electrons. The van der Waals surface area contributed by atoms with E-state index in [1.165, 1.54) is 16.3 Å². The lowest BCUT2D eigenvalue weighted by Gasteiger charge is -2.20. The van der Waals surface area contributed by atoms with Gasteiger partial charge >= 0.3 is 0 Å². The first kappa shape index (κ1) is 13.2. The summed E-state index contributed by atoms with van der Waals surface area (Å²) in [5.74, 6) is 0. The summed E-state index contributed by atoms with van der Waals surface area (Å²) in [7, 11) is 1.97. The predicted octanol–water partition coefficient (Wildman–Crippen LogP) is 4.80. The molecule has 1 unspecified atom stereocenters. The molecular formula is C18H16ClN. The Morgan fingerprint density at radius 3 is 2.25 bits per heavy atom. The molecule has 0 saturated heterocycles. The molecule has 3 aromatic rings. The minimum atomic E-state index is 0.0924. The van der Waals surface area contributed by atoms with Gasteiger partial charge in [-0.15, -0.1) is 0 Å². The van der Waals surface area contributed by atoms with Crippen LogP contribution in [-0.2, 0) is 0 Å². The Labute approximate surface area is 124 Å². The second-order valence-electron chi connectivity index (χ2n) is 4.81. The third-order valence-electron chi connectivity index (χ3n) is 3.64. The summed E-state index contributed by atoms with van der Waals surface area (Å²) in [6.45, 7) is 0. The van der Waals surface area contributed by atoms with E-state index in [1.54, 1.807) is 0 Å². The Morgan fingerprint density at radius 1 is 0.800 bits per heavy atom. The van der Waals surface area contributed by atoms with Gasteiger partial charge in [-0.25, -0.2) is 0 Å². The molecule has 0 heterocycles. The normalized spacial score (nSPS) is 12.5. The molecule has 0 fully saturated rings. The Bertz CT molecular complexity index is 731. The van der Waals surface area contributed by atoms with Crippen LogP contribution in [0.25, 0.3) is 10.8 Å². The monoisotopic (exact) mass is 281 g/mol. The van der Waals surface area contributed by atoms with Crippen LogP contribution in [0.5, 0.6) is 0 Å². The highest BCUT2D eigenvalue weighted by Crippen LogP contribution is 2.32. The van der Waals surface area contributed by atoms with Crippen molar-refractivity contribution in [3.63, 3.8) is 0 Å². The van der Waals surface area contributed by atoms with Crippen molar-refractivity contribution in [1.29, 1.82) is 0 Å². The average Bonchev–Trinajstić information content (AvgIpc) is 2.50. The first-order chi connectivity index (χ1) is 9.81. The van der Waals surface area contributed by atoms with E-state index in [4.69, 9.17) is 11.6 Å². The SMILES string of the molecule is CNC(c1ccccc1Cl)c1cccc2ccccc12. The summed E-state index contributed by atoms with van der Waals surface area (Å²) < 4.78 is 0. The fourth-order valence-corrected chi connectivity index (χ4v) is 2.93. The van der Waals surface area contributed by atoms with E-state index >= 15 is 0 Å². The van der Waals surface area contributed by atoms with Crippen LogP contribution in [0.4, 0.5) is 0 Å². The lowest BCUT2D eigenvalue weighted by Crippen LogP contribution is -2.18. The smallest absolute Gasteiger partial charge is 0.0595 e. The van der Waals surface area contributed by atoms with Gasteiger partial charge in [0.15, 0.2) is 0 Å². The van der Waals surface area contributed by atoms with Crippen LogP contribution in [0.15, 0.2) is 66.7 Å². The van der Waals surface area contributed by atoms with Crippen LogP contribution in [0.3, 0.4) is 0 Å². The van der Waals surface area contributed by atoms with Crippen LogP contribution < -0.4 is 5.32 Å². The van der Waals surface area contributed by atoms with Gasteiger partial charge in [-0.2, -0.15) is 0 Å². The summed E-state index contributed by atoms with van der Waals surface area (Å²) in [5, 5.41) is 6.68. The number of hydrogen-bond acceptors (Lipinski definition) is 1. The standard InChI is InChI=1S/C18H16ClN/c1-20-18(16-10-4-5-12-17(16)19)15-11-6-8-13-7-2-3-9-14(13)15/h2-12,18,20H,1H3. The largest absolute Gasteiger partial charge is 0.309 e. The molecular weight excluding hydrogens is 266 g/mol. The lowest BCUT2D eigenvalue weighted by molar-refractivity contribution is 0.697. The highest BCUT2D eigenvalue weighted by Gasteiger charge is 2.16. The molecule has 0 bridgehead atoms. The molecule has 0 aliphatic rings. The van der Waals surface area contributed by atoms with E-state index in [0.717, 1.165) is 10.6 Å². The Kier molecular flexibility index (Phi) is 3.72. The third kappa shape index (κ3) is 2.31. The van der Waals surface area contributed by atoms with Crippen molar-refractivity contribution in [2.45, 2.75) is 6.04 Å². The van der Waals surface area contributed by atoms with E-state index in [1.807, 2.05) is 25.2 Å². The molecule has 3 aromatic carbocycles. The molecule has 1 nitrogen and oxygen atoms in total. The topological polar surface area (TPSA) is 12.0 Å². The molecule has 0 aliphatic heterocycles. The lowest BCUT2D eigenvalue weighted by atomic mass is 9.94. The zero-order chi connectivity index (χ0) is 13.9. The molecule has 0 amide bonds. The zero-order valence-electron chi connectivity index (χ0n) is 11.3. The Hall–Kier alpha value is -1.83. The van der Waals surface area contributed by atoms with Crippen LogP contribution in [0.2, 0.25) is 5.02 Å². The van der Waals surface area contributed by atoms with Crippen molar-refractivity contribution in [3.8, 4) is 0 Å². The predicted molar refractivity (Wildman–Crippen MR) is 86.3 cm³/mol. The van der Waals surface area contributed by atoms with E-state index in [2.05, 4.69) is 53.8 Å². The van der Waals surface area contributed by atoms with E-state index < -0.39 is 0 Å². The molecule has 1 atom stereocenters. The molecule has 0 spiro atoms. The number of nitrogens with one attached hydrogen (secondary N) is 1. The van der Waals surface area contributed by atoms with Gasteiger partial charge in [0, 0.05) is 5.02 Å². The minimum absolute atomic E-state index is 0.0924. The van der Waals surface area contributed by atoms with Crippen LogP contribution in [0, 0.1) is 0 Å². The van der Waals surface area contributed by atoms with Crippen LogP contribution in [-0.4, -0.2) is 7.05 Å². The van der Waals surface area contributed by atoms with E-state index in [-0.39, 0.29) is 6.04 Å². The third-order valence-corrected chi connectivity index (χ3v) is 3.98. The molecule has 0 aromatic heterocycles. The van der Waals surface area contributed by atoms with Crippen LogP contribution >= 0.6 is 11.6 Å². The van der Waals surface area contributed by atoms with Gasteiger partial charge in [-0.3, -0.25) is 0 Å².